The van der Waals surface area contributed by atoms with Crippen LogP contribution in [0.15, 0.2) is 60.7 Å². The molecule has 7 nitrogen and oxygen atoms in total. The van der Waals surface area contributed by atoms with E-state index in [1.54, 1.807) is 4.90 Å². The van der Waals surface area contributed by atoms with E-state index < -0.39 is 17.2 Å². The third kappa shape index (κ3) is 3.98. The van der Waals surface area contributed by atoms with Crippen molar-refractivity contribution in [2.45, 2.75) is 51.1 Å². The molecule has 1 aliphatic carbocycles. The van der Waals surface area contributed by atoms with E-state index in [2.05, 4.69) is 17.4 Å². The molecule has 2 N–H and O–H groups in total. The van der Waals surface area contributed by atoms with Gasteiger partial charge in [0.05, 0.1) is 23.5 Å². The number of aromatic nitrogens is 1. The van der Waals surface area contributed by atoms with Crippen LogP contribution >= 0.6 is 0 Å². The number of anilines is 2. The topological polar surface area (TPSA) is 85.8 Å². The molecule has 3 aromatic rings. The van der Waals surface area contributed by atoms with Crippen LogP contribution in [-0.4, -0.2) is 46.1 Å². The van der Waals surface area contributed by atoms with Crippen molar-refractivity contribution >= 4 is 23.5 Å². The first-order chi connectivity index (χ1) is 17.1. The van der Waals surface area contributed by atoms with Gasteiger partial charge in [-0.2, -0.15) is 0 Å². The predicted octanol–water partition coefficient (Wildman–Crippen LogP) is 5.96. The molecular weight excluding hydrogens is 452 g/mol. The number of benzene rings is 2. The number of nitrogens with one attached hydrogen (secondary N) is 1. The SMILES string of the molecule is CN1CC(=O)Nc2cc(-c3ccccc3)c(-c3ccc(C4(N(C(=O)O)C(C)(C)C)CCC4)cc3)nc21. The molecule has 186 valence electrons. The Morgan fingerprint density at radius 2 is 1.72 bits per heavy atom. The van der Waals surface area contributed by atoms with Crippen LogP contribution in [0.2, 0.25) is 0 Å². The summed E-state index contributed by atoms with van der Waals surface area (Å²) < 4.78 is 0. The maximum absolute atomic E-state index is 12.3. The number of hydrogen-bond acceptors (Lipinski definition) is 4. The van der Waals surface area contributed by atoms with E-state index >= 15 is 0 Å². The van der Waals surface area contributed by atoms with Crippen LogP contribution in [0.25, 0.3) is 22.4 Å². The highest BCUT2D eigenvalue weighted by atomic mass is 16.4. The van der Waals surface area contributed by atoms with E-state index in [-0.39, 0.29) is 12.5 Å². The van der Waals surface area contributed by atoms with Gasteiger partial charge in [0.1, 0.15) is 0 Å². The second-order valence-corrected chi connectivity index (χ2v) is 10.8. The number of hydrogen-bond donors (Lipinski definition) is 2. The Labute approximate surface area is 211 Å². The number of pyridine rings is 1. The number of carbonyl (C=O) groups is 2. The molecule has 2 aliphatic rings. The lowest BCUT2D eigenvalue weighted by Crippen LogP contribution is -2.60. The molecule has 0 bridgehead atoms. The number of carbonyl (C=O) groups excluding carboxylic acids is 1. The number of amides is 2. The van der Waals surface area contributed by atoms with E-state index in [4.69, 9.17) is 4.98 Å². The van der Waals surface area contributed by atoms with E-state index in [9.17, 15) is 14.7 Å². The minimum Gasteiger partial charge on any atom is -0.465 e. The van der Waals surface area contributed by atoms with Crippen LogP contribution in [0, 0.1) is 0 Å². The van der Waals surface area contributed by atoms with Crippen LogP contribution in [-0.2, 0) is 10.3 Å². The molecule has 5 rings (SSSR count). The summed E-state index contributed by atoms with van der Waals surface area (Å²) in [6, 6.07) is 20.2. The van der Waals surface area contributed by atoms with Gasteiger partial charge < -0.3 is 15.3 Å². The molecule has 0 saturated heterocycles. The predicted molar refractivity (Wildman–Crippen MR) is 142 cm³/mol. The first-order valence-electron chi connectivity index (χ1n) is 12.4. The lowest BCUT2D eigenvalue weighted by atomic mass is 9.69. The Hall–Kier alpha value is -3.87. The Bertz CT molecular complexity index is 1310. The smallest absolute Gasteiger partial charge is 0.408 e. The Morgan fingerprint density at radius 1 is 1.06 bits per heavy atom. The lowest BCUT2D eigenvalue weighted by Gasteiger charge is -2.54. The molecule has 0 radical (unpaired) electrons. The van der Waals surface area contributed by atoms with Crippen LogP contribution in [0.4, 0.5) is 16.3 Å². The van der Waals surface area contributed by atoms with Crippen molar-refractivity contribution in [3.63, 3.8) is 0 Å². The quantitative estimate of drug-likeness (QED) is 0.477. The van der Waals surface area contributed by atoms with Crippen molar-refractivity contribution in [3.8, 4) is 22.4 Å². The molecule has 1 aliphatic heterocycles. The van der Waals surface area contributed by atoms with Gasteiger partial charge in [-0.15, -0.1) is 0 Å². The van der Waals surface area contributed by atoms with Gasteiger partial charge in [0, 0.05) is 23.7 Å². The molecule has 1 aromatic heterocycles. The average molecular weight is 485 g/mol. The Morgan fingerprint density at radius 3 is 2.28 bits per heavy atom. The van der Waals surface area contributed by atoms with Gasteiger partial charge in [0.2, 0.25) is 5.91 Å². The number of carboxylic acid groups (broad SMARTS) is 1. The number of fused-ring (bicyclic) bond motifs is 1. The maximum atomic E-state index is 12.3. The summed E-state index contributed by atoms with van der Waals surface area (Å²) in [6.07, 6.45) is 1.74. The zero-order valence-electron chi connectivity index (χ0n) is 21.2. The molecule has 1 fully saturated rings. The van der Waals surface area contributed by atoms with Gasteiger partial charge in [-0.25, -0.2) is 9.78 Å². The molecule has 2 heterocycles. The van der Waals surface area contributed by atoms with Crippen molar-refractivity contribution in [1.82, 2.24) is 9.88 Å². The minimum atomic E-state index is -0.890. The van der Waals surface area contributed by atoms with Gasteiger partial charge in [-0.3, -0.25) is 9.69 Å². The van der Waals surface area contributed by atoms with Crippen molar-refractivity contribution in [2.75, 3.05) is 23.8 Å². The van der Waals surface area contributed by atoms with E-state index in [0.717, 1.165) is 53.0 Å². The second kappa shape index (κ2) is 8.66. The van der Waals surface area contributed by atoms with Crippen molar-refractivity contribution in [1.29, 1.82) is 0 Å². The van der Waals surface area contributed by atoms with Crippen molar-refractivity contribution < 1.29 is 14.7 Å². The first-order valence-corrected chi connectivity index (χ1v) is 12.4. The standard InChI is InChI=1S/C29H32N4O3/c1-28(2,3)33(27(35)36)29(15-8-16-29)21-13-11-20(12-14-21)25-22(19-9-6-5-7-10-19)17-23-26(31-25)32(4)18-24(34)30-23/h5-7,9-14,17H,8,15-16,18H2,1-4H3,(H,30,34)(H,35,36). The lowest BCUT2D eigenvalue weighted by molar-refractivity contribution is -0.115. The molecule has 0 atom stereocenters. The van der Waals surface area contributed by atoms with Gasteiger partial charge in [-0.05, 0) is 57.2 Å². The summed E-state index contributed by atoms with van der Waals surface area (Å²) in [5.41, 5.74) is 4.38. The summed E-state index contributed by atoms with van der Waals surface area (Å²) in [4.78, 5) is 33.0. The van der Waals surface area contributed by atoms with E-state index in [1.165, 1.54) is 0 Å². The highest BCUT2D eigenvalue weighted by molar-refractivity contribution is 6.02. The van der Waals surface area contributed by atoms with Gasteiger partial charge in [-0.1, -0.05) is 54.6 Å². The molecule has 0 unspecified atom stereocenters. The van der Waals surface area contributed by atoms with Crippen LogP contribution in [0.5, 0.6) is 0 Å². The Balaban J connectivity index is 1.61. The summed E-state index contributed by atoms with van der Waals surface area (Å²) in [5.74, 6) is 0.671. The van der Waals surface area contributed by atoms with Gasteiger partial charge in [0.25, 0.3) is 0 Å². The van der Waals surface area contributed by atoms with E-state index in [0.29, 0.717) is 5.69 Å². The summed E-state index contributed by atoms with van der Waals surface area (Å²) >= 11 is 0. The minimum absolute atomic E-state index is 0.0597. The highest BCUT2D eigenvalue weighted by Gasteiger charge is 2.50. The first kappa shape index (κ1) is 23.9. The van der Waals surface area contributed by atoms with Crippen LogP contribution in [0.1, 0.15) is 45.6 Å². The molecule has 0 spiro atoms. The molecule has 1 saturated carbocycles. The van der Waals surface area contributed by atoms with Crippen LogP contribution < -0.4 is 10.2 Å². The van der Waals surface area contributed by atoms with Gasteiger partial charge in [0.15, 0.2) is 5.82 Å². The molecule has 2 amide bonds. The monoisotopic (exact) mass is 484 g/mol. The molecule has 36 heavy (non-hydrogen) atoms. The number of rotatable bonds is 4. The molecule has 7 heteroatoms. The second-order valence-electron chi connectivity index (χ2n) is 10.8. The third-order valence-corrected chi connectivity index (χ3v) is 7.27. The van der Waals surface area contributed by atoms with Crippen molar-refractivity contribution in [3.05, 3.63) is 66.2 Å². The zero-order valence-corrected chi connectivity index (χ0v) is 21.2. The maximum Gasteiger partial charge on any atom is 0.408 e. The normalized spacial score (nSPS) is 16.6. The number of nitrogens with zero attached hydrogens (tertiary/aromatic N) is 3. The average Bonchev–Trinajstić information content (AvgIpc) is 2.80. The fourth-order valence-electron chi connectivity index (χ4n) is 5.63. The third-order valence-electron chi connectivity index (χ3n) is 7.27. The largest absolute Gasteiger partial charge is 0.465 e. The fraction of sp³-hybridized carbons (Fsp3) is 0.345. The number of likely N-dealkylation sites (N-methyl/N-ethyl adjacent to an activating group) is 1. The summed E-state index contributed by atoms with van der Waals surface area (Å²) in [7, 11) is 1.87. The van der Waals surface area contributed by atoms with Crippen molar-refractivity contribution in [2.24, 2.45) is 0 Å². The van der Waals surface area contributed by atoms with Crippen LogP contribution in [0.3, 0.4) is 0 Å². The summed E-state index contributed by atoms with van der Waals surface area (Å²) in [5, 5.41) is 13.1. The molecular formula is C29H32N4O3. The van der Waals surface area contributed by atoms with E-state index in [1.807, 2.05) is 81.2 Å². The zero-order chi connectivity index (χ0) is 25.7. The highest BCUT2D eigenvalue weighted by Crippen LogP contribution is 2.50. The fourth-order valence-corrected chi connectivity index (χ4v) is 5.63. The van der Waals surface area contributed by atoms with Gasteiger partial charge >= 0.3 is 6.09 Å². The molecule has 2 aromatic carbocycles. The summed E-state index contributed by atoms with van der Waals surface area (Å²) in [6.45, 7) is 6.11. The Kier molecular flexibility index (Phi) is 5.74.